The summed E-state index contributed by atoms with van der Waals surface area (Å²) in [4.78, 5) is 8.59. The van der Waals surface area contributed by atoms with E-state index in [2.05, 4.69) is 37.0 Å². The summed E-state index contributed by atoms with van der Waals surface area (Å²) in [5.74, 6) is 1.19. The Morgan fingerprint density at radius 1 is 1.20 bits per heavy atom. The van der Waals surface area contributed by atoms with Crippen molar-refractivity contribution in [3.8, 4) is 0 Å². The molecule has 0 N–H and O–H groups in total. The highest BCUT2D eigenvalue weighted by Gasteiger charge is 2.04. The van der Waals surface area contributed by atoms with E-state index < -0.39 is 0 Å². The molecule has 0 atom stereocenters. The maximum absolute atomic E-state index is 4.36. The Balaban J connectivity index is 0.000000921. The van der Waals surface area contributed by atoms with Crippen molar-refractivity contribution in [3.63, 3.8) is 0 Å². The van der Waals surface area contributed by atoms with Crippen molar-refractivity contribution in [1.29, 1.82) is 0 Å². The van der Waals surface area contributed by atoms with Gasteiger partial charge in [0.2, 0.25) is 0 Å². The second-order valence-electron chi connectivity index (χ2n) is 3.13. The summed E-state index contributed by atoms with van der Waals surface area (Å²) in [5.41, 5.74) is 1.79. The van der Waals surface area contributed by atoms with E-state index in [9.17, 15) is 0 Å². The smallest absolute Gasteiger partial charge is 0.131 e. The van der Waals surface area contributed by atoms with Crippen LogP contribution < -0.4 is 0 Å². The van der Waals surface area contributed by atoms with Gasteiger partial charge in [-0.3, -0.25) is 0 Å². The summed E-state index contributed by atoms with van der Waals surface area (Å²) in [7, 11) is 0. The van der Waals surface area contributed by atoms with Crippen molar-refractivity contribution >= 4 is 12.2 Å². The normalized spacial score (nSPS) is 9.13. The lowest BCUT2D eigenvalue weighted by Crippen LogP contribution is -2.00. The van der Waals surface area contributed by atoms with Gasteiger partial charge in [0, 0.05) is 17.7 Å². The Morgan fingerprint density at radius 3 is 2.20 bits per heavy atom. The molecule has 0 aliphatic heterocycles. The zero-order valence-corrected chi connectivity index (χ0v) is 10.1. The van der Waals surface area contributed by atoms with Gasteiger partial charge in [0.1, 0.15) is 5.82 Å². The number of hydrogen-bond donors (Lipinski definition) is 0. The molecule has 0 amide bonds. The van der Waals surface area contributed by atoms with E-state index in [4.69, 9.17) is 0 Å². The molecular weight excluding hydrogens is 184 g/mol. The van der Waals surface area contributed by atoms with Gasteiger partial charge in [0.25, 0.3) is 0 Å². The van der Waals surface area contributed by atoms with E-state index >= 15 is 0 Å². The average Bonchev–Trinajstić information content (AvgIpc) is 2.30. The highest BCUT2D eigenvalue weighted by Crippen LogP contribution is 2.13. The molecule has 0 saturated carbocycles. The minimum Gasteiger partial charge on any atom is -0.240 e. The van der Waals surface area contributed by atoms with Crippen LogP contribution in [0.1, 0.15) is 50.7 Å². The van der Waals surface area contributed by atoms with Crippen LogP contribution in [-0.2, 0) is 0 Å². The van der Waals surface area contributed by atoms with Crippen molar-refractivity contribution in [2.75, 3.05) is 0 Å². The van der Waals surface area contributed by atoms with Crippen molar-refractivity contribution < 1.29 is 0 Å². The Morgan fingerprint density at radius 2 is 1.80 bits per heavy atom. The van der Waals surface area contributed by atoms with Gasteiger partial charge in [-0.2, -0.15) is 0 Å². The molecule has 82 valence electrons. The average molecular weight is 204 g/mol. The first-order valence-electron chi connectivity index (χ1n) is 5.30. The summed E-state index contributed by atoms with van der Waals surface area (Å²) in [5, 5.41) is 0. The van der Waals surface area contributed by atoms with Crippen LogP contribution in [0, 0.1) is 0 Å². The summed E-state index contributed by atoms with van der Waals surface area (Å²) in [6, 6.07) is 0. The minimum atomic E-state index is 0.345. The molecule has 0 aliphatic rings. The number of rotatable bonds is 3. The zero-order valence-electron chi connectivity index (χ0n) is 10.1. The summed E-state index contributed by atoms with van der Waals surface area (Å²) in [6.07, 6.45) is 5.25. The molecule has 0 saturated heterocycles. The van der Waals surface area contributed by atoms with Crippen molar-refractivity contribution in [1.82, 2.24) is 9.97 Å². The molecule has 0 radical (unpaired) electrons. The first-order valence-corrected chi connectivity index (χ1v) is 5.30. The Bertz CT molecular complexity index is 327. The van der Waals surface area contributed by atoms with E-state index in [1.54, 1.807) is 18.3 Å². The third-order valence-corrected chi connectivity index (χ3v) is 1.80. The van der Waals surface area contributed by atoms with Crippen LogP contribution >= 0.6 is 0 Å². The molecular formula is C13H20N2. The molecule has 1 aromatic rings. The highest BCUT2D eigenvalue weighted by atomic mass is 14.9. The number of nitrogens with zero attached hydrogens (tertiary/aromatic N) is 2. The maximum Gasteiger partial charge on any atom is 0.131 e. The monoisotopic (exact) mass is 204 g/mol. The Kier molecular flexibility index (Phi) is 6.27. The van der Waals surface area contributed by atoms with E-state index in [1.807, 2.05) is 13.8 Å². The molecule has 2 nitrogen and oxygen atoms in total. The van der Waals surface area contributed by atoms with Crippen LogP contribution in [-0.4, -0.2) is 9.97 Å². The summed E-state index contributed by atoms with van der Waals surface area (Å²) in [6.45, 7) is 15.5. The lowest BCUT2D eigenvalue weighted by atomic mass is 10.1. The fourth-order valence-electron chi connectivity index (χ4n) is 1.02. The van der Waals surface area contributed by atoms with Gasteiger partial charge >= 0.3 is 0 Å². The molecule has 1 aromatic heterocycles. The van der Waals surface area contributed by atoms with Gasteiger partial charge in [-0.25, -0.2) is 9.97 Å². The molecule has 0 aliphatic carbocycles. The number of aromatic nitrogens is 2. The van der Waals surface area contributed by atoms with Gasteiger partial charge in [-0.05, 0) is 6.08 Å². The first-order chi connectivity index (χ1) is 7.19. The topological polar surface area (TPSA) is 25.8 Å². The molecule has 15 heavy (non-hydrogen) atoms. The van der Waals surface area contributed by atoms with Crippen LogP contribution in [0.15, 0.2) is 19.4 Å². The third-order valence-electron chi connectivity index (χ3n) is 1.80. The largest absolute Gasteiger partial charge is 0.240 e. The second kappa shape index (κ2) is 6.93. The lowest BCUT2D eigenvalue weighted by molar-refractivity contribution is 0.771. The van der Waals surface area contributed by atoms with Gasteiger partial charge in [0.15, 0.2) is 0 Å². The summed E-state index contributed by atoms with van der Waals surface area (Å²) < 4.78 is 0. The van der Waals surface area contributed by atoms with Crippen LogP contribution in [0.25, 0.3) is 12.2 Å². The van der Waals surface area contributed by atoms with E-state index in [0.29, 0.717) is 5.92 Å². The lowest BCUT2D eigenvalue weighted by Gasteiger charge is -2.05. The molecule has 0 spiro atoms. The molecule has 0 bridgehead atoms. The minimum absolute atomic E-state index is 0.345. The molecule has 0 unspecified atom stereocenters. The van der Waals surface area contributed by atoms with Gasteiger partial charge in [0.05, 0.1) is 5.69 Å². The quantitative estimate of drug-likeness (QED) is 0.746. The van der Waals surface area contributed by atoms with Crippen LogP contribution in [0.2, 0.25) is 0 Å². The first kappa shape index (κ1) is 13.6. The van der Waals surface area contributed by atoms with Crippen molar-refractivity contribution in [2.45, 2.75) is 33.6 Å². The molecule has 0 fully saturated rings. The molecule has 2 heteroatoms. The summed E-state index contributed by atoms with van der Waals surface area (Å²) >= 11 is 0. The standard InChI is InChI=1S/C11H14N2.C2H6/c1-5-9-7-12-11(8(3)4)13-10(9)6-2;1-2/h5-8H,1-2H2,3-4H3;1-2H3. The van der Waals surface area contributed by atoms with E-state index in [1.165, 1.54) is 0 Å². The van der Waals surface area contributed by atoms with Crippen LogP contribution in [0.3, 0.4) is 0 Å². The highest BCUT2D eigenvalue weighted by molar-refractivity contribution is 5.59. The number of hydrogen-bond acceptors (Lipinski definition) is 2. The van der Waals surface area contributed by atoms with E-state index in [0.717, 1.165) is 17.1 Å². The molecule has 1 heterocycles. The van der Waals surface area contributed by atoms with E-state index in [-0.39, 0.29) is 0 Å². The van der Waals surface area contributed by atoms with Gasteiger partial charge in [-0.1, -0.05) is 46.9 Å². The van der Waals surface area contributed by atoms with Crippen LogP contribution in [0.4, 0.5) is 0 Å². The zero-order chi connectivity index (χ0) is 11.8. The fourth-order valence-corrected chi connectivity index (χ4v) is 1.02. The van der Waals surface area contributed by atoms with Gasteiger partial charge < -0.3 is 0 Å². The molecule has 1 rings (SSSR count). The van der Waals surface area contributed by atoms with Gasteiger partial charge in [-0.15, -0.1) is 0 Å². The van der Waals surface area contributed by atoms with Crippen molar-refractivity contribution in [3.05, 3.63) is 36.4 Å². The van der Waals surface area contributed by atoms with Crippen LogP contribution in [0.5, 0.6) is 0 Å². The Hall–Kier alpha value is -1.44. The predicted molar refractivity (Wildman–Crippen MR) is 67.7 cm³/mol. The fraction of sp³-hybridized carbons (Fsp3) is 0.385. The van der Waals surface area contributed by atoms with Crippen molar-refractivity contribution in [2.24, 2.45) is 0 Å². The SMILES string of the molecule is C=Cc1cnc(C(C)C)nc1C=C.CC. The Labute approximate surface area is 92.8 Å². The third kappa shape index (κ3) is 3.66. The second-order valence-corrected chi connectivity index (χ2v) is 3.13. The molecule has 0 aromatic carbocycles. The predicted octanol–water partition coefficient (Wildman–Crippen LogP) is 3.91. The maximum atomic E-state index is 4.36.